The number of pyridine rings is 1. The summed E-state index contributed by atoms with van der Waals surface area (Å²) in [4.78, 5) is 11.6. The molecule has 0 fully saturated rings. The lowest BCUT2D eigenvalue weighted by Gasteiger charge is -2.04. The molecule has 7 nitrogen and oxygen atoms in total. The Morgan fingerprint density at radius 1 is 1.47 bits per heavy atom. The molecular weight excluding hydrogens is 268 g/mol. The standard InChI is InChI=1S/C10H14N4.CH4O3S/c1-7(2)6-12-10-13-8-4-3-5-11-9(8)14-10;1-5(2,3)4/h3-5,7H,6H2,1-2H3,(H2,11,12,13,14);1H3,(H,2,3,4). The van der Waals surface area contributed by atoms with E-state index >= 15 is 0 Å². The quantitative estimate of drug-likeness (QED) is 0.738. The van der Waals surface area contributed by atoms with Crippen LogP contribution in [0.3, 0.4) is 0 Å². The van der Waals surface area contributed by atoms with Gasteiger partial charge >= 0.3 is 0 Å². The van der Waals surface area contributed by atoms with Crippen LogP contribution in [0.5, 0.6) is 0 Å². The Morgan fingerprint density at radius 3 is 2.63 bits per heavy atom. The average molecular weight is 286 g/mol. The summed E-state index contributed by atoms with van der Waals surface area (Å²) in [6, 6.07) is 3.86. The van der Waals surface area contributed by atoms with Crippen molar-refractivity contribution in [3.05, 3.63) is 18.3 Å². The normalized spacial score (nSPS) is 11.2. The number of aromatic amines is 1. The SMILES string of the molecule is CC(C)CNc1nc2ncccc2[nH]1.CS(=O)(=O)O. The number of fused-ring (bicyclic) bond motifs is 1. The van der Waals surface area contributed by atoms with Gasteiger partial charge in [-0.15, -0.1) is 0 Å². The van der Waals surface area contributed by atoms with Crippen LogP contribution >= 0.6 is 0 Å². The fourth-order valence-corrected chi connectivity index (χ4v) is 1.23. The van der Waals surface area contributed by atoms with Crippen LogP contribution in [0.4, 0.5) is 5.95 Å². The van der Waals surface area contributed by atoms with Crippen LogP contribution in [0.15, 0.2) is 18.3 Å². The maximum atomic E-state index is 9.19. The van der Waals surface area contributed by atoms with Crippen LogP contribution < -0.4 is 5.32 Å². The third kappa shape index (κ3) is 6.73. The van der Waals surface area contributed by atoms with Crippen LogP contribution in [-0.4, -0.2) is 40.7 Å². The third-order valence-electron chi connectivity index (χ3n) is 1.94. The molecule has 0 atom stereocenters. The molecular formula is C11H18N4O3S. The predicted octanol–water partition coefficient (Wildman–Crippen LogP) is 1.53. The minimum Gasteiger partial charge on any atom is -0.355 e. The first-order chi connectivity index (χ1) is 8.75. The summed E-state index contributed by atoms with van der Waals surface area (Å²) >= 11 is 0. The molecule has 3 N–H and O–H groups in total. The summed E-state index contributed by atoms with van der Waals surface area (Å²) < 4.78 is 25.9. The molecule has 0 saturated heterocycles. The molecule has 106 valence electrons. The van der Waals surface area contributed by atoms with Crippen LogP contribution in [-0.2, 0) is 10.1 Å². The maximum Gasteiger partial charge on any atom is 0.261 e. The number of anilines is 1. The van der Waals surface area contributed by atoms with Gasteiger partial charge in [-0.2, -0.15) is 13.4 Å². The Balaban J connectivity index is 0.000000312. The van der Waals surface area contributed by atoms with Crippen LogP contribution in [0, 0.1) is 5.92 Å². The highest BCUT2D eigenvalue weighted by Crippen LogP contribution is 2.10. The number of nitrogens with zero attached hydrogens (tertiary/aromatic N) is 2. The van der Waals surface area contributed by atoms with E-state index in [2.05, 4.69) is 34.1 Å². The second-order valence-electron chi connectivity index (χ2n) is 4.47. The monoisotopic (exact) mass is 286 g/mol. The molecule has 19 heavy (non-hydrogen) atoms. The molecule has 2 aromatic rings. The molecule has 2 aromatic heterocycles. The van der Waals surface area contributed by atoms with Crippen LogP contribution in [0.25, 0.3) is 11.2 Å². The average Bonchev–Trinajstić information content (AvgIpc) is 2.66. The van der Waals surface area contributed by atoms with Crippen molar-refractivity contribution in [2.24, 2.45) is 5.92 Å². The van der Waals surface area contributed by atoms with Crippen molar-refractivity contribution < 1.29 is 13.0 Å². The van der Waals surface area contributed by atoms with E-state index in [4.69, 9.17) is 4.55 Å². The minimum atomic E-state index is -3.67. The highest BCUT2D eigenvalue weighted by atomic mass is 32.2. The maximum absolute atomic E-state index is 9.19. The predicted molar refractivity (Wildman–Crippen MR) is 74.7 cm³/mol. The third-order valence-corrected chi connectivity index (χ3v) is 1.94. The molecule has 0 unspecified atom stereocenters. The fraction of sp³-hybridized carbons (Fsp3) is 0.455. The molecule has 0 amide bonds. The fourth-order valence-electron chi connectivity index (χ4n) is 1.23. The lowest BCUT2D eigenvalue weighted by atomic mass is 10.2. The number of imidazole rings is 1. The Kier molecular flexibility index (Phi) is 5.25. The smallest absolute Gasteiger partial charge is 0.261 e. The van der Waals surface area contributed by atoms with Gasteiger partial charge in [0.2, 0.25) is 5.95 Å². The van der Waals surface area contributed by atoms with E-state index in [1.807, 2.05) is 12.1 Å². The molecule has 0 bridgehead atoms. The number of nitrogens with one attached hydrogen (secondary N) is 2. The summed E-state index contributed by atoms with van der Waals surface area (Å²) in [5.74, 6) is 1.41. The zero-order valence-electron chi connectivity index (χ0n) is 11.1. The van der Waals surface area contributed by atoms with E-state index in [1.54, 1.807) is 6.20 Å². The van der Waals surface area contributed by atoms with Gasteiger partial charge in [-0.3, -0.25) is 4.55 Å². The summed E-state index contributed by atoms with van der Waals surface area (Å²) in [6.45, 7) is 5.24. The Labute approximate surface area is 112 Å². The Morgan fingerprint density at radius 2 is 2.11 bits per heavy atom. The first-order valence-corrected chi connectivity index (χ1v) is 7.57. The number of hydrogen-bond donors (Lipinski definition) is 3. The Hall–Kier alpha value is -1.67. The minimum absolute atomic E-state index is 0.608. The highest BCUT2D eigenvalue weighted by molar-refractivity contribution is 7.85. The van der Waals surface area contributed by atoms with Gasteiger partial charge in [0.25, 0.3) is 10.1 Å². The highest BCUT2D eigenvalue weighted by Gasteiger charge is 2.02. The molecule has 0 aliphatic heterocycles. The molecule has 0 aliphatic carbocycles. The zero-order chi connectivity index (χ0) is 14.5. The second-order valence-corrected chi connectivity index (χ2v) is 5.93. The molecule has 0 spiro atoms. The van der Waals surface area contributed by atoms with E-state index in [0.29, 0.717) is 12.2 Å². The van der Waals surface area contributed by atoms with Crippen molar-refractivity contribution >= 4 is 27.2 Å². The summed E-state index contributed by atoms with van der Waals surface area (Å²) in [5, 5.41) is 3.23. The molecule has 8 heteroatoms. The van der Waals surface area contributed by atoms with Crippen LogP contribution in [0.2, 0.25) is 0 Å². The molecule has 2 rings (SSSR count). The van der Waals surface area contributed by atoms with Crippen molar-refractivity contribution in [2.45, 2.75) is 13.8 Å². The van der Waals surface area contributed by atoms with Crippen molar-refractivity contribution in [1.82, 2.24) is 15.0 Å². The van der Waals surface area contributed by atoms with Crippen molar-refractivity contribution in [2.75, 3.05) is 18.1 Å². The van der Waals surface area contributed by atoms with E-state index in [1.165, 1.54) is 0 Å². The number of hydrogen-bond acceptors (Lipinski definition) is 5. The van der Waals surface area contributed by atoms with E-state index in [9.17, 15) is 8.42 Å². The van der Waals surface area contributed by atoms with Crippen molar-refractivity contribution in [1.29, 1.82) is 0 Å². The molecule has 0 aromatic carbocycles. The van der Waals surface area contributed by atoms with Crippen LogP contribution in [0.1, 0.15) is 13.8 Å². The zero-order valence-corrected chi connectivity index (χ0v) is 11.9. The lowest BCUT2D eigenvalue weighted by molar-refractivity contribution is 0.490. The number of aromatic nitrogens is 3. The van der Waals surface area contributed by atoms with Gasteiger partial charge in [0, 0.05) is 12.7 Å². The lowest BCUT2D eigenvalue weighted by Crippen LogP contribution is -2.08. The first kappa shape index (κ1) is 15.4. The topological polar surface area (TPSA) is 108 Å². The molecule has 0 radical (unpaired) electrons. The van der Waals surface area contributed by atoms with E-state index in [0.717, 1.165) is 23.7 Å². The number of rotatable bonds is 3. The molecule has 0 saturated carbocycles. The van der Waals surface area contributed by atoms with Gasteiger partial charge in [0.1, 0.15) is 0 Å². The Bertz CT molecular complexity index is 581. The van der Waals surface area contributed by atoms with Gasteiger partial charge in [-0.25, -0.2) is 4.98 Å². The second kappa shape index (κ2) is 6.48. The first-order valence-electron chi connectivity index (χ1n) is 5.73. The molecule has 0 aliphatic rings. The summed E-state index contributed by atoms with van der Waals surface area (Å²) in [5.41, 5.74) is 1.73. The van der Waals surface area contributed by atoms with E-state index in [-0.39, 0.29) is 0 Å². The van der Waals surface area contributed by atoms with E-state index < -0.39 is 10.1 Å². The van der Waals surface area contributed by atoms with Crippen molar-refractivity contribution in [3.63, 3.8) is 0 Å². The van der Waals surface area contributed by atoms with Gasteiger partial charge in [-0.05, 0) is 18.1 Å². The largest absolute Gasteiger partial charge is 0.355 e. The van der Waals surface area contributed by atoms with Gasteiger partial charge in [-0.1, -0.05) is 13.8 Å². The molecule has 2 heterocycles. The summed E-state index contributed by atoms with van der Waals surface area (Å²) in [6.07, 6.45) is 2.46. The van der Waals surface area contributed by atoms with Gasteiger partial charge in [0.15, 0.2) is 5.65 Å². The van der Waals surface area contributed by atoms with Gasteiger partial charge in [0.05, 0.1) is 11.8 Å². The summed E-state index contributed by atoms with van der Waals surface area (Å²) in [7, 11) is -3.67. The van der Waals surface area contributed by atoms with Crippen molar-refractivity contribution in [3.8, 4) is 0 Å². The number of H-pyrrole nitrogens is 1. The van der Waals surface area contributed by atoms with Gasteiger partial charge < -0.3 is 10.3 Å².